The van der Waals surface area contributed by atoms with E-state index < -0.39 is 39.1 Å². The Morgan fingerprint density at radius 2 is 2.04 bits per heavy atom. The minimum absolute atomic E-state index is 0.0462. The highest BCUT2D eigenvalue weighted by molar-refractivity contribution is 7.87. The van der Waals surface area contributed by atoms with Crippen LogP contribution in [0.2, 0.25) is 0 Å². The third kappa shape index (κ3) is 4.97. The molecular formula is C32H33F3N8O3S2. The number of hydrogen-bond donors (Lipinski definition) is 3. The van der Waals surface area contributed by atoms with Gasteiger partial charge in [0.2, 0.25) is 0 Å². The molecule has 1 spiro atoms. The third-order valence-corrected chi connectivity index (χ3v) is 12.6. The standard InChI is InChI=1S/C32H33F3N8O3S2/c1-17-10-20-26(25(35)23(17)19-4-5-22(34)27-24(19)21(12-36)28(37)47-27)39-30(46-16-32-7-3-9-43(32)13-18(33)11-32)40-29(20)42-8-2-6-31(15-42)14-38-48(44,45)41-31/h4-5,10,18,38,41H,2-3,6-9,11,13-16,37H2,1H3/t18-,31+,32+/m1/s1. The molecule has 0 radical (unpaired) electrons. The van der Waals surface area contributed by atoms with E-state index in [1.807, 2.05) is 11.0 Å². The van der Waals surface area contributed by atoms with Crippen molar-refractivity contribution >= 4 is 53.4 Å². The Morgan fingerprint density at radius 1 is 1.23 bits per heavy atom. The number of piperidine rings is 1. The number of ether oxygens (including phenoxy) is 1. The number of thiophene rings is 1. The van der Waals surface area contributed by atoms with Gasteiger partial charge in [0.1, 0.15) is 41.0 Å². The topological polar surface area (TPSA) is 150 Å². The van der Waals surface area contributed by atoms with Crippen LogP contribution >= 0.6 is 11.3 Å². The van der Waals surface area contributed by atoms with Crippen LogP contribution in [0, 0.1) is 29.9 Å². The molecule has 4 saturated heterocycles. The zero-order valence-corrected chi connectivity index (χ0v) is 27.7. The van der Waals surface area contributed by atoms with Crippen molar-refractivity contribution in [2.24, 2.45) is 0 Å². The number of rotatable bonds is 5. The van der Waals surface area contributed by atoms with E-state index in [1.54, 1.807) is 13.0 Å². The fourth-order valence-corrected chi connectivity index (χ4v) is 10.5. The fourth-order valence-electron chi connectivity index (χ4n) is 8.24. The first-order valence-electron chi connectivity index (χ1n) is 15.9. The molecule has 2 aromatic heterocycles. The molecule has 0 saturated carbocycles. The first kappa shape index (κ1) is 31.5. The van der Waals surface area contributed by atoms with Crippen molar-refractivity contribution in [1.29, 1.82) is 5.26 Å². The van der Waals surface area contributed by atoms with E-state index in [2.05, 4.69) is 19.3 Å². The van der Waals surface area contributed by atoms with Crippen molar-refractivity contribution in [2.45, 2.75) is 56.3 Å². The second-order valence-corrected chi connectivity index (χ2v) is 16.0. The maximum Gasteiger partial charge on any atom is 0.319 e. The molecule has 11 nitrogen and oxygen atoms in total. The lowest BCUT2D eigenvalue weighted by Gasteiger charge is -2.40. The molecule has 3 atom stereocenters. The molecule has 2 aromatic carbocycles. The van der Waals surface area contributed by atoms with Crippen LogP contribution in [-0.4, -0.2) is 79.9 Å². The molecule has 4 fully saturated rings. The summed E-state index contributed by atoms with van der Waals surface area (Å²) < 4.78 is 82.9. The first-order chi connectivity index (χ1) is 22.9. The molecule has 0 amide bonds. The number of fused-ring (bicyclic) bond motifs is 3. The number of halogens is 3. The molecule has 4 aromatic rings. The van der Waals surface area contributed by atoms with Gasteiger partial charge in [-0.15, -0.1) is 11.3 Å². The maximum absolute atomic E-state index is 17.1. The summed E-state index contributed by atoms with van der Waals surface area (Å²) in [5.74, 6) is -0.892. The third-order valence-electron chi connectivity index (χ3n) is 10.3. The van der Waals surface area contributed by atoms with Crippen LogP contribution in [0.15, 0.2) is 18.2 Å². The Labute approximate surface area is 279 Å². The highest BCUT2D eigenvalue weighted by Gasteiger charge is 2.50. The Morgan fingerprint density at radius 3 is 2.81 bits per heavy atom. The zero-order chi connectivity index (χ0) is 33.6. The van der Waals surface area contributed by atoms with Crippen LogP contribution in [0.4, 0.5) is 24.0 Å². The summed E-state index contributed by atoms with van der Waals surface area (Å²) in [6.07, 6.45) is 2.30. The van der Waals surface area contributed by atoms with E-state index in [4.69, 9.17) is 15.5 Å². The van der Waals surface area contributed by atoms with Gasteiger partial charge in [-0.05, 0) is 62.4 Å². The van der Waals surface area contributed by atoms with Gasteiger partial charge < -0.3 is 15.4 Å². The van der Waals surface area contributed by atoms with Crippen LogP contribution in [0.1, 0.15) is 43.2 Å². The van der Waals surface area contributed by atoms with Gasteiger partial charge >= 0.3 is 6.01 Å². The summed E-state index contributed by atoms with van der Waals surface area (Å²) in [6, 6.07) is 6.39. The SMILES string of the molecule is Cc1cc2c(N3CCC[C@]4(CNS(=O)(=O)N4)C3)nc(OC[C@@]34CCCN3C[C@H](F)C4)nc2c(F)c1-c1ccc(F)c2sc(N)c(C#N)c12. The molecule has 0 aliphatic carbocycles. The number of alkyl halides is 1. The predicted molar refractivity (Wildman–Crippen MR) is 177 cm³/mol. The quantitative estimate of drug-likeness (QED) is 0.278. The Kier molecular flexibility index (Phi) is 7.31. The largest absolute Gasteiger partial charge is 0.461 e. The molecule has 0 bridgehead atoms. The first-order valence-corrected chi connectivity index (χ1v) is 18.2. The number of nitrogens with one attached hydrogen (secondary N) is 2. The van der Waals surface area contributed by atoms with Crippen molar-refractivity contribution in [3.8, 4) is 23.2 Å². The second-order valence-electron chi connectivity index (χ2n) is 13.5. The number of anilines is 2. The summed E-state index contributed by atoms with van der Waals surface area (Å²) in [6.45, 7) is 3.96. The van der Waals surface area contributed by atoms with Gasteiger partial charge in [0.15, 0.2) is 5.82 Å². The van der Waals surface area contributed by atoms with Crippen molar-refractivity contribution < 1.29 is 26.3 Å². The number of nitrogens with zero attached hydrogens (tertiary/aromatic N) is 5. The lowest BCUT2D eigenvalue weighted by molar-refractivity contribution is 0.107. The van der Waals surface area contributed by atoms with E-state index in [-0.39, 0.29) is 57.4 Å². The van der Waals surface area contributed by atoms with Crippen LogP contribution in [0.3, 0.4) is 0 Å². The van der Waals surface area contributed by atoms with Crippen molar-refractivity contribution in [2.75, 3.05) is 50.0 Å². The predicted octanol–water partition coefficient (Wildman–Crippen LogP) is 4.28. The lowest BCUT2D eigenvalue weighted by Crippen LogP contribution is -2.56. The zero-order valence-electron chi connectivity index (χ0n) is 26.1. The summed E-state index contributed by atoms with van der Waals surface area (Å²) in [4.78, 5) is 13.4. The van der Waals surface area contributed by atoms with E-state index in [0.717, 1.165) is 30.7 Å². The van der Waals surface area contributed by atoms with Gasteiger partial charge in [-0.3, -0.25) is 4.90 Å². The van der Waals surface area contributed by atoms with Gasteiger partial charge in [-0.1, -0.05) is 6.07 Å². The smallest absolute Gasteiger partial charge is 0.319 e. The fraction of sp³-hybridized carbons (Fsp3) is 0.469. The van der Waals surface area contributed by atoms with E-state index >= 15 is 4.39 Å². The van der Waals surface area contributed by atoms with Crippen molar-refractivity contribution in [3.05, 3.63) is 41.0 Å². The van der Waals surface area contributed by atoms with Crippen LogP contribution in [0.5, 0.6) is 6.01 Å². The monoisotopic (exact) mass is 698 g/mol. The summed E-state index contributed by atoms with van der Waals surface area (Å²) in [7, 11) is -3.65. The summed E-state index contributed by atoms with van der Waals surface area (Å²) >= 11 is 0.933. The number of aryl methyl sites for hydroxylation is 1. The molecule has 4 N–H and O–H groups in total. The normalized spacial score (nSPS) is 26.9. The van der Waals surface area contributed by atoms with Gasteiger partial charge in [0.05, 0.1) is 21.3 Å². The molecule has 252 valence electrons. The molecule has 8 rings (SSSR count). The number of benzene rings is 2. The van der Waals surface area contributed by atoms with E-state index in [1.165, 1.54) is 12.1 Å². The number of nitrogen functional groups attached to an aromatic ring is 1. The van der Waals surface area contributed by atoms with Crippen LogP contribution in [-0.2, 0) is 10.2 Å². The van der Waals surface area contributed by atoms with Crippen molar-refractivity contribution in [3.63, 3.8) is 0 Å². The molecule has 4 aliphatic heterocycles. The molecule has 16 heteroatoms. The second kappa shape index (κ2) is 11.1. The minimum Gasteiger partial charge on any atom is -0.461 e. The number of nitrogens with two attached hydrogens (primary N) is 1. The minimum atomic E-state index is -3.65. The molecule has 48 heavy (non-hydrogen) atoms. The van der Waals surface area contributed by atoms with E-state index in [9.17, 15) is 22.5 Å². The van der Waals surface area contributed by atoms with E-state index in [0.29, 0.717) is 54.7 Å². The average Bonchev–Trinajstić information content (AvgIpc) is 3.76. The van der Waals surface area contributed by atoms with Crippen LogP contribution in [0.25, 0.3) is 32.1 Å². The Hall–Kier alpha value is -3.75. The van der Waals surface area contributed by atoms with Crippen LogP contribution < -0.4 is 24.8 Å². The molecule has 4 aliphatic rings. The summed E-state index contributed by atoms with van der Waals surface area (Å²) in [5.41, 5.74) is 5.77. The average molecular weight is 699 g/mol. The van der Waals surface area contributed by atoms with Gasteiger partial charge in [0.25, 0.3) is 10.2 Å². The number of nitriles is 1. The lowest BCUT2D eigenvalue weighted by atomic mass is 9.90. The Balaban J connectivity index is 1.28. The molecule has 0 unspecified atom stereocenters. The number of hydrogen-bond acceptors (Lipinski definition) is 10. The molecule has 6 heterocycles. The number of aromatic nitrogens is 2. The van der Waals surface area contributed by atoms with Gasteiger partial charge in [-0.25, -0.2) is 17.9 Å². The Bertz CT molecular complexity index is 2160. The van der Waals surface area contributed by atoms with Gasteiger partial charge in [0, 0.05) is 48.9 Å². The summed E-state index contributed by atoms with van der Waals surface area (Å²) in [5, 5.41) is 10.6. The molecular weight excluding hydrogens is 666 g/mol. The maximum atomic E-state index is 17.1. The highest BCUT2D eigenvalue weighted by atomic mass is 32.2. The van der Waals surface area contributed by atoms with Gasteiger partial charge in [-0.2, -0.15) is 28.4 Å². The highest BCUT2D eigenvalue weighted by Crippen LogP contribution is 2.45. The van der Waals surface area contributed by atoms with Crippen molar-refractivity contribution in [1.82, 2.24) is 24.3 Å².